The highest BCUT2D eigenvalue weighted by Crippen LogP contribution is 2.25. The summed E-state index contributed by atoms with van der Waals surface area (Å²) < 4.78 is 5.80. The Labute approximate surface area is 128 Å². The minimum atomic E-state index is -0.611. The summed E-state index contributed by atoms with van der Waals surface area (Å²) in [6.07, 6.45) is 5.74. The zero-order chi connectivity index (χ0) is 14.5. The summed E-state index contributed by atoms with van der Waals surface area (Å²) in [5.74, 6) is -0.429. The number of ether oxygens (including phenoxy) is 1. The number of aliphatic hydroxyl groups excluding tert-OH is 1. The molecule has 0 aromatic heterocycles. The molecule has 0 aliphatic heterocycles. The van der Waals surface area contributed by atoms with Crippen LogP contribution in [0.1, 0.15) is 39.0 Å². The Morgan fingerprint density at radius 3 is 2.40 bits per heavy atom. The third-order valence-electron chi connectivity index (χ3n) is 4.00. The lowest BCUT2D eigenvalue weighted by Crippen LogP contribution is -3.00. The molecule has 118 valence electrons. The van der Waals surface area contributed by atoms with Crippen LogP contribution in [0, 0.1) is 0 Å². The highest BCUT2D eigenvalue weighted by Gasteiger charge is 2.32. The Morgan fingerprint density at radius 1 is 1.35 bits per heavy atom. The number of rotatable bonds is 6. The molecule has 5 heteroatoms. The molecular formula is C15H28ClNO3. The van der Waals surface area contributed by atoms with Gasteiger partial charge in [0, 0.05) is 5.57 Å². The van der Waals surface area contributed by atoms with Gasteiger partial charge in [-0.05, 0) is 32.6 Å². The second kappa shape index (κ2) is 8.65. The van der Waals surface area contributed by atoms with Gasteiger partial charge in [-0.1, -0.05) is 13.0 Å². The molecule has 0 heterocycles. The number of likely N-dealkylation sites (N-methyl/N-ethyl adjacent to an activating group) is 1. The molecule has 20 heavy (non-hydrogen) atoms. The lowest BCUT2D eigenvalue weighted by atomic mass is 9.93. The molecule has 1 rings (SSSR count). The molecular weight excluding hydrogens is 278 g/mol. The number of esters is 1. The highest BCUT2D eigenvalue weighted by molar-refractivity contribution is 5.86. The fourth-order valence-electron chi connectivity index (χ4n) is 2.82. The molecule has 1 unspecified atom stereocenters. The fourth-order valence-corrected chi connectivity index (χ4v) is 2.82. The molecule has 0 amide bonds. The van der Waals surface area contributed by atoms with Crippen LogP contribution in [0.3, 0.4) is 0 Å². The molecule has 0 radical (unpaired) electrons. The van der Waals surface area contributed by atoms with Gasteiger partial charge in [-0.15, -0.1) is 0 Å². The van der Waals surface area contributed by atoms with E-state index in [2.05, 4.69) is 20.7 Å². The van der Waals surface area contributed by atoms with Crippen LogP contribution in [0.25, 0.3) is 0 Å². The largest absolute Gasteiger partial charge is 1.00 e. The normalized spacial score (nSPS) is 18.0. The van der Waals surface area contributed by atoms with E-state index in [9.17, 15) is 9.90 Å². The van der Waals surface area contributed by atoms with Gasteiger partial charge in [0.25, 0.3) is 0 Å². The van der Waals surface area contributed by atoms with Gasteiger partial charge in [0.15, 0.2) is 0 Å². The molecule has 1 aliphatic carbocycles. The number of quaternary nitrogens is 1. The van der Waals surface area contributed by atoms with Gasteiger partial charge in [0.1, 0.15) is 19.3 Å². The van der Waals surface area contributed by atoms with Gasteiger partial charge in [-0.2, -0.15) is 0 Å². The van der Waals surface area contributed by atoms with Crippen molar-refractivity contribution in [1.29, 1.82) is 0 Å². The van der Waals surface area contributed by atoms with Crippen LogP contribution in [0.4, 0.5) is 0 Å². The predicted molar refractivity (Wildman–Crippen MR) is 75.6 cm³/mol. The Hall–Kier alpha value is -0.580. The van der Waals surface area contributed by atoms with E-state index >= 15 is 0 Å². The summed E-state index contributed by atoms with van der Waals surface area (Å²) in [5, 5.41) is 10.0. The fraction of sp³-hybridized carbons (Fsp3) is 0.800. The van der Waals surface area contributed by atoms with E-state index in [1.54, 1.807) is 6.92 Å². The molecule has 1 saturated carbocycles. The van der Waals surface area contributed by atoms with Gasteiger partial charge in [-0.3, -0.25) is 0 Å². The summed E-state index contributed by atoms with van der Waals surface area (Å²) >= 11 is 0. The smallest absolute Gasteiger partial charge is 0.333 e. The van der Waals surface area contributed by atoms with Crippen LogP contribution >= 0.6 is 0 Å². The molecule has 0 spiro atoms. The minimum Gasteiger partial charge on any atom is -1.00 e. The van der Waals surface area contributed by atoms with Crippen molar-refractivity contribution in [3.05, 3.63) is 12.2 Å². The van der Waals surface area contributed by atoms with E-state index in [0.717, 1.165) is 4.48 Å². The van der Waals surface area contributed by atoms with Crippen molar-refractivity contribution >= 4 is 5.97 Å². The van der Waals surface area contributed by atoms with E-state index in [1.807, 2.05) is 0 Å². The lowest BCUT2D eigenvalue weighted by Gasteiger charge is -2.41. The number of aliphatic hydroxyl groups is 1. The third kappa shape index (κ3) is 6.25. The van der Waals surface area contributed by atoms with Gasteiger partial charge < -0.3 is 26.7 Å². The van der Waals surface area contributed by atoms with Crippen molar-refractivity contribution in [2.75, 3.05) is 27.2 Å². The molecule has 0 aromatic rings. The highest BCUT2D eigenvalue weighted by atomic mass is 35.5. The van der Waals surface area contributed by atoms with Gasteiger partial charge in [-0.25, -0.2) is 4.79 Å². The summed E-state index contributed by atoms with van der Waals surface area (Å²) in [4.78, 5) is 11.3. The maximum absolute atomic E-state index is 11.3. The van der Waals surface area contributed by atoms with Crippen LogP contribution in [-0.4, -0.2) is 55.0 Å². The molecule has 0 bridgehead atoms. The van der Waals surface area contributed by atoms with Crippen molar-refractivity contribution in [3.8, 4) is 0 Å². The molecule has 0 aromatic carbocycles. The average molecular weight is 306 g/mol. The number of carbonyl (C=O) groups excluding carboxylic acids is 1. The minimum absolute atomic E-state index is 0. The van der Waals surface area contributed by atoms with Crippen molar-refractivity contribution in [2.45, 2.75) is 51.2 Å². The maximum atomic E-state index is 11.3. The molecule has 4 nitrogen and oxygen atoms in total. The third-order valence-corrected chi connectivity index (χ3v) is 4.00. The number of nitrogens with zero attached hydrogens (tertiary/aromatic N) is 1. The molecule has 1 fully saturated rings. The van der Waals surface area contributed by atoms with Crippen LogP contribution in [0.15, 0.2) is 12.2 Å². The van der Waals surface area contributed by atoms with E-state index in [0.29, 0.717) is 18.2 Å². The van der Waals surface area contributed by atoms with E-state index in [-0.39, 0.29) is 19.0 Å². The average Bonchev–Trinajstić information content (AvgIpc) is 2.36. The quantitative estimate of drug-likeness (QED) is 0.384. The van der Waals surface area contributed by atoms with Crippen molar-refractivity contribution < 1.29 is 31.5 Å². The molecule has 0 saturated heterocycles. The SMILES string of the molecule is C=C(C)C(=O)OCC(O)C[N+](C)(C)C1CCCCC1.[Cl-]. The number of hydrogen-bond acceptors (Lipinski definition) is 3. The van der Waals surface area contributed by atoms with Crippen LogP contribution in [-0.2, 0) is 9.53 Å². The van der Waals surface area contributed by atoms with Crippen LogP contribution in [0.2, 0.25) is 0 Å². The molecule has 1 atom stereocenters. The Balaban J connectivity index is 0.00000361. The first-order valence-corrected chi connectivity index (χ1v) is 7.16. The summed E-state index contributed by atoms with van der Waals surface area (Å²) in [7, 11) is 4.31. The van der Waals surface area contributed by atoms with Gasteiger partial charge >= 0.3 is 5.97 Å². The molecule has 1 N–H and O–H groups in total. The van der Waals surface area contributed by atoms with E-state index < -0.39 is 12.1 Å². The second-order valence-electron chi connectivity index (χ2n) is 6.29. The number of carbonyl (C=O) groups is 1. The van der Waals surface area contributed by atoms with Crippen LogP contribution < -0.4 is 12.4 Å². The van der Waals surface area contributed by atoms with Crippen molar-refractivity contribution in [1.82, 2.24) is 0 Å². The zero-order valence-corrected chi connectivity index (χ0v) is 13.7. The summed E-state index contributed by atoms with van der Waals surface area (Å²) in [6.45, 7) is 5.80. The maximum Gasteiger partial charge on any atom is 0.333 e. The first-order chi connectivity index (χ1) is 8.83. The Morgan fingerprint density at radius 2 is 1.90 bits per heavy atom. The summed E-state index contributed by atoms with van der Waals surface area (Å²) in [6, 6.07) is 0.611. The van der Waals surface area contributed by atoms with Crippen LogP contribution in [0.5, 0.6) is 0 Å². The zero-order valence-electron chi connectivity index (χ0n) is 12.9. The number of halogens is 1. The summed E-state index contributed by atoms with van der Waals surface area (Å²) in [5.41, 5.74) is 0.369. The monoisotopic (exact) mass is 305 g/mol. The Kier molecular flexibility index (Phi) is 8.40. The topological polar surface area (TPSA) is 46.5 Å². The predicted octanol–water partition coefficient (Wildman–Crippen LogP) is -1.12. The first kappa shape index (κ1) is 19.4. The van der Waals surface area contributed by atoms with Crippen molar-refractivity contribution in [3.63, 3.8) is 0 Å². The van der Waals surface area contributed by atoms with E-state index in [4.69, 9.17) is 4.74 Å². The van der Waals surface area contributed by atoms with Crippen molar-refractivity contribution in [2.24, 2.45) is 0 Å². The lowest BCUT2D eigenvalue weighted by molar-refractivity contribution is -0.919. The van der Waals surface area contributed by atoms with Gasteiger partial charge in [0.05, 0.1) is 20.1 Å². The molecule has 1 aliphatic rings. The first-order valence-electron chi connectivity index (χ1n) is 7.16. The second-order valence-corrected chi connectivity index (χ2v) is 6.29. The standard InChI is InChI=1S/C15H28NO3.ClH/c1-12(2)15(18)19-11-14(17)10-16(3,4)13-8-6-5-7-9-13;/h13-14,17H,1,5-11H2,2-4H3;1H/q+1;/p-1. The van der Waals surface area contributed by atoms with E-state index in [1.165, 1.54) is 32.1 Å². The van der Waals surface area contributed by atoms with Gasteiger partial charge in [0.2, 0.25) is 0 Å². The Bertz CT molecular complexity index is 325. The number of hydrogen-bond donors (Lipinski definition) is 1.